The lowest BCUT2D eigenvalue weighted by Gasteiger charge is -2.26. The van der Waals surface area contributed by atoms with Gasteiger partial charge in [-0.15, -0.1) is 0 Å². The first-order valence-electron chi connectivity index (χ1n) is 8.07. The van der Waals surface area contributed by atoms with Crippen molar-refractivity contribution in [3.05, 3.63) is 34.9 Å². The molecule has 0 saturated carbocycles. The maximum atomic E-state index is 12.5. The number of benzene rings is 1. The number of amides is 2. The van der Waals surface area contributed by atoms with Gasteiger partial charge in [0.15, 0.2) is 0 Å². The van der Waals surface area contributed by atoms with E-state index in [-0.39, 0.29) is 12.1 Å². The fourth-order valence-electron chi connectivity index (χ4n) is 2.57. The zero-order valence-electron chi connectivity index (χ0n) is 13.6. The Morgan fingerprint density at radius 1 is 1.43 bits per heavy atom. The highest BCUT2D eigenvalue weighted by atomic mass is 35.5. The van der Waals surface area contributed by atoms with Crippen molar-refractivity contribution in [3.63, 3.8) is 0 Å². The van der Waals surface area contributed by atoms with Crippen LogP contribution in [0.5, 0.6) is 0 Å². The topological polar surface area (TPSA) is 50.8 Å². The highest BCUT2D eigenvalue weighted by Gasteiger charge is 2.18. The largest absolute Gasteiger partial charge is 0.383 e. The summed E-state index contributed by atoms with van der Waals surface area (Å²) in [6.45, 7) is 2.79. The number of ether oxygens (including phenoxy) is 2. The SMILES string of the molecule is COCCN(Cc1ccccc1Cl)C(=O)NC[C@@H]1CCCCO1. The quantitative estimate of drug-likeness (QED) is 0.830. The van der Waals surface area contributed by atoms with Crippen molar-refractivity contribution in [2.24, 2.45) is 0 Å². The Balaban J connectivity index is 1.90. The molecule has 0 aromatic heterocycles. The van der Waals surface area contributed by atoms with Crippen molar-refractivity contribution in [1.29, 1.82) is 0 Å². The van der Waals surface area contributed by atoms with Gasteiger partial charge in [-0.1, -0.05) is 29.8 Å². The Bertz CT molecular complexity index is 492. The van der Waals surface area contributed by atoms with Gasteiger partial charge in [0.05, 0.1) is 12.7 Å². The summed E-state index contributed by atoms with van der Waals surface area (Å²) in [4.78, 5) is 14.2. The number of urea groups is 1. The van der Waals surface area contributed by atoms with Gasteiger partial charge in [-0.2, -0.15) is 0 Å². The molecule has 128 valence electrons. The van der Waals surface area contributed by atoms with E-state index < -0.39 is 0 Å². The summed E-state index contributed by atoms with van der Waals surface area (Å²) >= 11 is 6.20. The first-order chi connectivity index (χ1) is 11.2. The molecule has 1 atom stereocenters. The van der Waals surface area contributed by atoms with Crippen LogP contribution in [-0.4, -0.2) is 50.4 Å². The van der Waals surface area contributed by atoms with Crippen LogP contribution in [0.25, 0.3) is 0 Å². The third-order valence-corrected chi connectivity index (χ3v) is 4.30. The first kappa shape index (κ1) is 18.0. The van der Waals surface area contributed by atoms with E-state index in [1.54, 1.807) is 12.0 Å². The van der Waals surface area contributed by atoms with Crippen molar-refractivity contribution in [2.75, 3.05) is 33.4 Å². The molecule has 0 unspecified atom stereocenters. The molecular formula is C17H25ClN2O3. The molecule has 1 aromatic rings. The predicted molar refractivity (Wildman–Crippen MR) is 90.7 cm³/mol. The van der Waals surface area contributed by atoms with E-state index in [0.29, 0.717) is 31.3 Å². The molecule has 6 heteroatoms. The molecule has 2 rings (SSSR count). The number of hydrogen-bond acceptors (Lipinski definition) is 3. The zero-order chi connectivity index (χ0) is 16.5. The number of methoxy groups -OCH3 is 1. The van der Waals surface area contributed by atoms with Crippen molar-refractivity contribution in [1.82, 2.24) is 10.2 Å². The Kier molecular flexibility index (Phi) is 7.65. The van der Waals surface area contributed by atoms with Crippen LogP contribution in [0.2, 0.25) is 5.02 Å². The minimum atomic E-state index is -0.115. The van der Waals surface area contributed by atoms with Crippen LogP contribution in [-0.2, 0) is 16.0 Å². The van der Waals surface area contributed by atoms with Crippen molar-refractivity contribution < 1.29 is 14.3 Å². The maximum absolute atomic E-state index is 12.5. The van der Waals surface area contributed by atoms with E-state index in [9.17, 15) is 4.79 Å². The van der Waals surface area contributed by atoms with Crippen LogP contribution >= 0.6 is 11.6 Å². The summed E-state index contributed by atoms with van der Waals surface area (Å²) in [5.74, 6) is 0. The standard InChI is InChI=1S/C17H25ClN2O3/c1-22-11-9-20(13-14-6-2-3-8-16(14)18)17(21)19-12-15-7-4-5-10-23-15/h2-3,6,8,15H,4-5,7,9-13H2,1H3,(H,19,21)/t15-/m0/s1. The van der Waals surface area contributed by atoms with Crippen LogP contribution in [0.15, 0.2) is 24.3 Å². The number of hydrogen-bond donors (Lipinski definition) is 1. The molecule has 1 aliphatic heterocycles. The normalized spacial score (nSPS) is 17.7. The molecule has 0 aliphatic carbocycles. The average molecular weight is 341 g/mol. The monoisotopic (exact) mass is 340 g/mol. The third-order valence-electron chi connectivity index (χ3n) is 3.93. The summed E-state index contributed by atoms with van der Waals surface area (Å²) in [6.07, 6.45) is 3.39. The highest BCUT2D eigenvalue weighted by molar-refractivity contribution is 6.31. The van der Waals surface area contributed by atoms with Gasteiger partial charge in [-0.05, 0) is 30.9 Å². The number of carbonyl (C=O) groups is 1. The van der Waals surface area contributed by atoms with E-state index in [0.717, 1.165) is 31.4 Å². The van der Waals surface area contributed by atoms with Gasteiger partial charge in [-0.25, -0.2) is 4.79 Å². The molecule has 5 nitrogen and oxygen atoms in total. The maximum Gasteiger partial charge on any atom is 0.317 e. The van der Waals surface area contributed by atoms with Gasteiger partial charge in [-0.3, -0.25) is 0 Å². The number of nitrogens with one attached hydrogen (secondary N) is 1. The Hall–Kier alpha value is -1.30. The fourth-order valence-corrected chi connectivity index (χ4v) is 2.76. The number of carbonyl (C=O) groups excluding carboxylic acids is 1. The molecule has 0 bridgehead atoms. The van der Waals surface area contributed by atoms with Crippen LogP contribution in [0.1, 0.15) is 24.8 Å². The second kappa shape index (κ2) is 9.75. The van der Waals surface area contributed by atoms with E-state index in [4.69, 9.17) is 21.1 Å². The van der Waals surface area contributed by atoms with Gasteiger partial charge in [0, 0.05) is 38.4 Å². The lowest BCUT2D eigenvalue weighted by Crippen LogP contribution is -2.44. The van der Waals surface area contributed by atoms with E-state index in [2.05, 4.69) is 5.32 Å². The first-order valence-corrected chi connectivity index (χ1v) is 8.45. The van der Waals surface area contributed by atoms with Gasteiger partial charge in [0.2, 0.25) is 0 Å². The van der Waals surface area contributed by atoms with Gasteiger partial charge in [0.25, 0.3) is 0 Å². The Labute approximate surface area is 142 Å². The van der Waals surface area contributed by atoms with Crippen LogP contribution in [0.3, 0.4) is 0 Å². The minimum absolute atomic E-state index is 0.115. The van der Waals surface area contributed by atoms with E-state index >= 15 is 0 Å². The second-order valence-electron chi connectivity index (χ2n) is 5.68. The smallest absolute Gasteiger partial charge is 0.317 e. The van der Waals surface area contributed by atoms with Crippen molar-refractivity contribution >= 4 is 17.6 Å². The van der Waals surface area contributed by atoms with Crippen LogP contribution in [0, 0.1) is 0 Å². The molecular weight excluding hydrogens is 316 g/mol. The van der Waals surface area contributed by atoms with Crippen LogP contribution in [0.4, 0.5) is 4.79 Å². The molecule has 1 aliphatic rings. The van der Waals surface area contributed by atoms with Crippen LogP contribution < -0.4 is 5.32 Å². The number of nitrogens with zero attached hydrogens (tertiary/aromatic N) is 1. The molecule has 23 heavy (non-hydrogen) atoms. The lowest BCUT2D eigenvalue weighted by atomic mass is 10.1. The molecule has 1 aromatic carbocycles. The fraction of sp³-hybridized carbons (Fsp3) is 0.588. The van der Waals surface area contributed by atoms with Crippen molar-refractivity contribution in [2.45, 2.75) is 31.9 Å². The molecule has 1 heterocycles. The second-order valence-corrected chi connectivity index (χ2v) is 6.09. The molecule has 1 fully saturated rings. The molecule has 1 N–H and O–H groups in total. The zero-order valence-corrected chi connectivity index (χ0v) is 14.3. The van der Waals surface area contributed by atoms with Gasteiger partial charge < -0.3 is 19.7 Å². The number of rotatable bonds is 7. The average Bonchev–Trinajstić information content (AvgIpc) is 2.59. The minimum Gasteiger partial charge on any atom is -0.383 e. The Morgan fingerprint density at radius 3 is 2.96 bits per heavy atom. The summed E-state index contributed by atoms with van der Waals surface area (Å²) in [5, 5.41) is 3.63. The Morgan fingerprint density at radius 2 is 2.26 bits per heavy atom. The summed E-state index contributed by atoms with van der Waals surface area (Å²) in [6, 6.07) is 7.45. The predicted octanol–water partition coefficient (Wildman–Crippen LogP) is 3.07. The summed E-state index contributed by atoms with van der Waals surface area (Å²) in [7, 11) is 1.63. The number of halogens is 1. The lowest BCUT2D eigenvalue weighted by molar-refractivity contribution is 0.0175. The third kappa shape index (κ3) is 6.01. The van der Waals surface area contributed by atoms with Crippen molar-refractivity contribution in [3.8, 4) is 0 Å². The summed E-state index contributed by atoms with van der Waals surface area (Å²) in [5.41, 5.74) is 0.925. The summed E-state index contributed by atoms with van der Waals surface area (Å²) < 4.78 is 10.8. The van der Waals surface area contributed by atoms with Gasteiger partial charge in [0.1, 0.15) is 0 Å². The molecule has 0 radical (unpaired) electrons. The molecule has 1 saturated heterocycles. The van der Waals surface area contributed by atoms with E-state index in [1.807, 2.05) is 24.3 Å². The molecule has 2 amide bonds. The molecule has 0 spiro atoms. The van der Waals surface area contributed by atoms with Gasteiger partial charge >= 0.3 is 6.03 Å². The highest BCUT2D eigenvalue weighted by Crippen LogP contribution is 2.17. The van der Waals surface area contributed by atoms with E-state index in [1.165, 1.54) is 0 Å².